The van der Waals surface area contributed by atoms with Crippen molar-refractivity contribution in [3.63, 3.8) is 0 Å². The van der Waals surface area contributed by atoms with E-state index in [4.69, 9.17) is 37.0 Å². The largest absolute Gasteiger partial charge is 0.472 e. The van der Waals surface area contributed by atoms with Crippen LogP contribution in [0.25, 0.3) is 0 Å². The number of phosphoric ester groups is 2. The van der Waals surface area contributed by atoms with Gasteiger partial charge in [-0.25, -0.2) is 9.13 Å². The number of esters is 4. The molecule has 0 aliphatic carbocycles. The normalized spacial score (nSPS) is 14.3. The van der Waals surface area contributed by atoms with Gasteiger partial charge in [0.25, 0.3) is 0 Å². The predicted octanol–water partition coefficient (Wildman–Crippen LogP) is 23.2. The van der Waals surface area contributed by atoms with Gasteiger partial charge in [0, 0.05) is 25.7 Å². The summed E-state index contributed by atoms with van der Waals surface area (Å²) in [6.45, 7) is 4.82. The van der Waals surface area contributed by atoms with Gasteiger partial charge >= 0.3 is 39.5 Å². The second-order valence-electron chi connectivity index (χ2n) is 27.0. The third-order valence-electron chi connectivity index (χ3n) is 17.1. The lowest BCUT2D eigenvalue weighted by atomic mass is 10.1. The van der Waals surface area contributed by atoms with Gasteiger partial charge in [-0.15, -0.1) is 0 Å². The minimum Gasteiger partial charge on any atom is -0.462 e. The topological polar surface area (TPSA) is 237 Å². The summed E-state index contributed by atoms with van der Waals surface area (Å²) < 4.78 is 68.6. The Labute approximate surface area is 609 Å². The smallest absolute Gasteiger partial charge is 0.462 e. The minimum absolute atomic E-state index is 0.0799. The van der Waals surface area contributed by atoms with Crippen LogP contribution in [0.3, 0.4) is 0 Å². The molecule has 2 unspecified atom stereocenters. The Bertz CT molecular complexity index is 2180. The van der Waals surface area contributed by atoms with E-state index in [1.807, 2.05) is 0 Å². The molecule has 0 spiro atoms. The van der Waals surface area contributed by atoms with Crippen molar-refractivity contribution in [3.05, 3.63) is 72.9 Å². The maximum atomic E-state index is 13.1. The number of carbonyl (C=O) groups is 4. The molecule has 19 heteroatoms. The van der Waals surface area contributed by atoms with Crippen molar-refractivity contribution >= 4 is 39.5 Å². The van der Waals surface area contributed by atoms with Gasteiger partial charge in [0.05, 0.1) is 26.4 Å². The van der Waals surface area contributed by atoms with E-state index < -0.39 is 97.5 Å². The van der Waals surface area contributed by atoms with Crippen LogP contribution in [0.1, 0.15) is 362 Å². The lowest BCUT2D eigenvalue weighted by molar-refractivity contribution is -0.161. The van der Waals surface area contributed by atoms with Crippen LogP contribution in [-0.2, 0) is 65.4 Å². The number of carbonyl (C=O) groups excluding carboxylic acids is 4. The molecular formula is C81H146O17P2. The summed E-state index contributed by atoms with van der Waals surface area (Å²) in [5.41, 5.74) is 0. The lowest BCUT2D eigenvalue weighted by Crippen LogP contribution is -2.30. The summed E-state index contributed by atoms with van der Waals surface area (Å²) in [7, 11) is -9.95. The lowest BCUT2D eigenvalue weighted by Gasteiger charge is -2.21. The van der Waals surface area contributed by atoms with Gasteiger partial charge in [0.15, 0.2) is 12.2 Å². The molecule has 100 heavy (non-hydrogen) atoms. The molecule has 0 aromatic carbocycles. The second-order valence-corrected chi connectivity index (χ2v) is 29.9. The Morgan fingerprint density at radius 1 is 0.280 bits per heavy atom. The fourth-order valence-corrected chi connectivity index (χ4v) is 12.5. The highest BCUT2D eigenvalue weighted by molar-refractivity contribution is 7.47. The molecule has 0 aliphatic rings. The summed E-state index contributed by atoms with van der Waals surface area (Å²) in [4.78, 5) is 73.0. The first-order chi connectivity index (χ1) is 48.7. The summed E-state index contributed by atoms with van der Waals surface area (Å²) in [6.07, 6.45) is 74.4. The molecule has 0 heterocycles. The summed E-state index contributed by atoms with van der Waals surface area (Å²) >= 11 is 0. The van der Waals surface area contributed by atoms with Crippen molar-refractivity contribution in [1.82, 2.24) is 0 Å². The third-order valence-corrected chi connectivity index (χ3v) is 19.0. The zero-order valence-electron chi connectivity index (χ0n) is 63.6. The zero-order chi connectivity index (χ0) is 73.2. The van der Waals surface area contributed by atoms with Gasteiger partial charge < -0.3 is 33.8 Å². The van der Waals surface area contributed by atoms with Crippen molar-refractivity contribution in [1.29, 1.82) is 0 Å². The van der Waals surface area contributed by atoms with Crippen LogP contribution >= 0.6 is 15.6 Å². The molecule has 0 bridgehead atoms. The molecule has 0 aromatic heterocycles. The molecule has 0 aromatic rings. The number of unbranched alkanes of at least 4 members (excludes halogenated alkanes) is 38. The van der Waals surface area contributed by atoms with Crippen molar-refractivity contribution in [3.8, 4) is 0 Å². The maximum Gasteiger partial charge on any atom is 0.472 e. The Morgan fingerprint density at radius 2 is 0.490 bits per heavy atom. The Kier molecular flexibility index (Phi) is 71.2. The second kappa shape index (κ2) is 73.8. The van der Waals surface area contributed by atoms with Gasteiger partial charge in [0.1, 0.15) is 19.3 Å². The number of hydrogen-bond donors (Lipinski definition) is 3. The number of hydrogen-bond acceptors (Lipinski definition) is 15. The SMILES string of the molecule is CCCCC/C=C\C/C=C\CCCCCCCC(=O)OC[C@H](COP(=O)(O)OC[C@@H](O)COP(=O)(O)OC[C@@H](COC(=O)CCCCCCC/C=C\CCCCCCCC)OC(=O)CCCCCCC/C=C\C/C=C\CCCCC)OC(=O)CCCCCCCCC/C=C\CCCCCC. The summed E-state index contributed by atoms with van der Waals surface area (Å²) in [5, 5.41) is 10.6. The van der Waals surface area contributed by atoms with Crippen LogP contribution in [0.5, 0.6) is 0 Å². The molecule has 17 nitrogen and oxygen atoms in total. The van der Waals surface area contributed by atoms with Crippen molar-refractivity contribution < 1.29 is 80.2 Å². The van der Waals surface area contributed by atoms with Crippen LogP contribution in [0.4, 0.5) is 0 Å². The summed E-state index contributed by atoms with van der Waals surface area (Å²) in [5.74, 6) is -2.19. The van der Waals surface area contributed by atoms with E-state index >= 15 is 0 Å². The molecular weight excluding hydrogens is 1310 g/mol. The monoisotopic (exact) mass is 1450 g/mol. The third kappa shape index (κ3) is 72.8. The van der Waals surface area contributed by atoms with Crippen LogP contribution in [0.2, 0.25) is 0 Å². The molecule has 582 valence electrons. The average molecular weight is 1450 g/mol. The van der Waals surface area contributed by atoms with E-state index in [1.165, 1.54) is 103 Å². The highest BCUT2D eigenvalue weighted by Crippen LogP contribution is 2.45. The first-order valence-electron chi connectivity index (χ1n) is 40.2. The maximum absolute atomic E-state index is 13.1. The summed E-state index contributed by atoms with van der Waals surface area (Å²) in [6, 6.07) is 0. The number of phosphoric acid groups is 2. The van der Waals surface area contributed by atoms with E-state index in [-0.39, 0.29) is 25.7 Å². The van der Waals surface area contributed by atoms with Crippen LogP contribution in [0, 0.1) is 0 Å². The molecule has 0 fully saturated rings. The van der Waals surface area contributed by atoms with E-state index in [9.17, 15) is 43.2 Å². The molecule has 0 amide bonds. The Balaban J connectivity index is 5.36. The first kappa shape index (κ1) is 96.5. The molecule has 0 aliphatic heterocycles. The van der Waals surface area contributed by atoms with Gasteiger partial charge in [-0.05, 0) is 141 Å². The molecule has 0 saturated heterocycles. The van der Waals surface area contributed by atoms with Gasteiger partial charge in [-0.3, -0.25) is 37.3 Å². The molecule has 3 N–H and O–H groups in total. The van der Waals surface area contributed by atoms with Crippen LogP contribution < -0.4 is 0 Å². The van der Waals surface area contributed by atoms with Crippen LogP contribution in [0.15, 0.2) is 72.9 Å². The van der Waals surface area contributed by atoms with Gasteiger partial charge in [-0.1, -0.05) is 268 Å². The molecule has 0 saturated carbocycles. The quantitative estimate of drug-likeness (QED) is 0.0169. The Hall–Kier alpha value is -3.50. The van der Waals surface area contributed by atoms with E-state index in [2.05, 4.69) is 101 Å². The molecule has 0 radical (unpaired) electrons. The number of ether oxygens (including phenoxy) is 4. The Morgan fingerprint density at radius 3 is 0.780 bits per heavy atom. The van der Waals surface area contributed by atoms with Crippen molar-refractivity contribution in [2.45, 2.75) is 380 Å². The highest BCUT2D eigenvalue weighted by atomic mass is 31.2. The highest BCUT2D eigenvalue weighted by Gasteiger charge is 2.30. The zero-order valence-corrected chi connectivity index (χ0v) is 65.4. The van der Waals surface area contributed by atoms with Gasteiger partial charge in [-0.2, -0.15) is 0 Å². The molecule has 0 rings (SSSR count). The number of aliphatic hydroxyl groups excluding tert-OH is 1. The standard InChI is InChI=1S/C81H146O17P2/c1-5-9-13-17-21-25-29-33-37-41-45-49-53-57-61-65-78(83)91-71-76(97-80(85)67-63-59-55-51-47-43-39-35-31-27-23-19-15-11-7-3)73-95-99(87,88)93-69-75(82)70-94-100(89,90)96-74-77(98-81(86)68-64-60-56-52-48-44-40-36-32-28-24-20-16-12-8-4)72-92-79(84)66-62-58-54-50-46-42-38-34-30-26-22-18-14-10-6-2/h21,24-25,27-28,31,33-34,36-38,40,75-77,82H,5-20,22-23,26,29-30,32,35,39,41-74H2,1-4H3,(H,87,88)(H,89,90)/b25-21-,28-24-,31-27-,37-33-,38-34-,40-36-/t75-,76-,77-/m1/s1. The first-order valence-corrected chi connectivity index (χ1v) is 43.2. The van der Waals surface area contributed by atoms with Gasteiger partial charge in [0.2, 0.25) is 0 Å². The van der Waals surface area contributed by atoms with Crippen molar-refractivity contribution in [2.75, 3.05) is 39.6 Å². The number of rotatable bonds is 76. The van der Waals surface area contributed by atoms with Crippen LogP contribution in [-0.4, -0.2) is 96.7 Å². The number of aliphatic hydroxyl groups is 1. The fraction of sp³-hybridized carbons (Fsp3) is 0.802. The minimum atomic E-state index is -4.98. The van der Waals surface area contributed by atoms with E-state index in [0.717, 1.165) is 180 Å². The van der Waals surface area contributed by atoms with E-state index in [1.54, 1.807) is 0 Å². The fourth-order valence-electron chi connectivity index (χ4n) is 10.9. The molecule has 5 atom stereocenters. The van der Waals surface area contributed by atoms with E-state index in [0.29, 0.717) is 25.7 Å². The predicted molar refractivity (Wildman–Crippen MR) is 409 cm³/mol. The average Bonchev–Trinajstić information content (AvgIpc) is 1.01. The number of allylic oxidation sites excluding steroid dienone is 12. The van der Waals surface area contributed by atoms with Crippen molar-refractivity contribution in [2.24, 2.45) is 0 Å².